The van der Waals surface area contributed by atoms with Gasteiger partial charge in [-0.3, -0.25) is 0 Å². The van der Waals surface area contributed by atoms with Crippen LogP contribution in [0.15, 0.2) is 56.1 Å². The van der Waals surface area contributed by atoms with Gasteiger partial charge >= 0.3 is 5.63 Å². The molecule has 7 nitrogen and oxygen atoms in total. The van der Waals surface area contributed by atoms with E-state index in [0.29, 0.717) is 22.3 Å². The summed E-state index contributed by atoms with van der Waals surface area (Å²) in [5, 5.41) is 19.1. The molecule has 0 bridgehead atoms. The Bertz CT molecular complexity index is 1260. The van der Waals surface area contributed by atoms with Gasteiger partial charge in [-0.2, -0.15) is 0 Å². The molecule has 4 aromatic rings. The normalized spacial score (nSPS) is 11.2. The number of aromatic hydroxyl groups is 1. The average Bonchev–Trinajstić information content (AvgIpc) is 3.27. The number of phenolic OH excluding ortho intramolecular Hbond substituents is 1. The Morgan fingerprint density at radius 1 is 1.00 bits per heavy atom. The number of ether oxygens (including phenoxy) is 1. The van der Waals surface area contributed by atoms with Crippen molar-refractivity contribution in [3.63, 3.8) is 0 Å². The number of hydrogen-bond donors (Lipinski definition) is 1. The topological polar surface area (TPSA) is 98.6 Å². The van der Waals surface area contributed by atoms with E-state index in [4.69, 9.17) is 13.6 Å². The lowest BCUT2D eigenvalue weighted by atomic mass is 10.0. The summed E-state index contributed by atoms with van der Waals surface area (Å²) in [7, 11) is 1.58. The van der Waals surface area contributed by atoms with Crippen LogP contribution < -0.4 is 10.4 Å². The lowest BCUT2D eigenvalue weighted by Gasteiger charge is -2.07. The summed E-state index contributed by atoms with van der Waals surface area (Å²) in [5.41, 5.74) is 1.39. The lowest BCUT2D eigenvalue weighted by Crippen LogP contribution is -2.03. The number of fused-ring (bicyclic) bond motifs is 1. The number of hydrogen-bond acceptors (Lipinski definition) is 7. The molecule has 0 fully saturated rings. The minimum Gasteiger partial charge on any atom is -0.508 e. The van der Waals surface area contributed by atoms with Crippen molar-refractivity contribution < 1.29 is 18.7 Å². The van der Waals surface area contributed by atoms with E-state index in [-0.39, 0.29) is 23.1 Å². The molecular weight excluding hydrogens is 396 g/mol. The summed E-state index contributed by atoms with van der Waals surface area (Å²) in [4.78, 5) is 12.5. The first-order valence-electron chi connectivity index (χ1n) is 10.4. The van der Waals surface area contributed by atoms with Gasteiger partial charge in [-0.05, 0) is 48.7 Å². The molecule has 0 amide bonds. The van der Waals surface area contributed by atoms with E-state index >= 15 is 0 Å². The van der Waals surface area contributed by atoms with Crippen LogP contribution in [0.3, 0.4) is 0 Å². The van der Waals surface area contributed by atoms with E-state index < -0.39 is 5.63 Å². The van der Waals surface area contributed by atoms with Gasteiger partial charge in [0.1, 0.15) is 22.6 Å². The molecule has 0 radical (unpaired) electrons. The second-order valence-electron chi connectivity index (χ2n) is 7.42. The summed E-state index contributed by atoms with van der Waals surface area (Å²) in [6.45, 7) is 2.16. The van der Waals surface area contributed by atoms with Crippen molar-refractivity contribution in [1.29, 1.82) is 0 Å². The predicted molar refractivity (Wildman–Crippen MR) is 117 cm³/mol. The fourth-order valence-corrected chi connectivity index (χ4v) is 3.50. The molecule has 0 saturated heterocycles. The Morgan fingerprint density at radius 3 is 2.65 bits per heavy atom. The number of methoxy groups -OCH3 is 1. The second-order valence-corrected chi connectivity index (χ2v) is 7.42. The molecule has 2 aromatic heterocycles. The standard InChI is InChI=1S/C24H24N2O5/c1-3-4-5-6-8-15-11-17-13-19(24(28)30-21(17)14-20(15)27)23-26-25-22(31-23)16-9-7-10-18(12-16)29-2/h7,9-14,27H,3-6,8H2,1-2H3. The van der Waals surface area contributed by atoms with E-state index in [1.165, 1.54) is 12.5 Å². The van der Waals surface area contributed by atoms with Crippen LogP contribution in [-0.4, -0.2) is 22.4 Å². The molecular formula is C24H24N2O5. The Balaban J connectivity index is 1.67. The fraction of sp³-hybridized carbons (Fsp3) is 0.292. The van der Waals surface area contributed by atoms with Crippen molar-refractivity contribution in [2.45, 2.75) is 39.0 Å². The molecule has 0 saturated carbocycles. The van der Waals surface area contributed by atoms with Crippen LogP contribution in [0.1, 0.15) is 38.2 Å². The van der Waals surface area contributed by atoms with E-state index in [1.807, 2.05) is 24.3 Å². The zero-order valence-electron chi connectivity index (χ0n) is 17.6. The lowest BCUT2D eigenvalue weighted by molar-refractivity contribution is 0.415. The first kappa shape index (κ1) is 20.7. The molecule has 4 rings (SSSR count). The van der Waals surface area contributed by atoms with Crippen LogP contribution in [0.2, 0.25) is 0 Å². The van der Waals surface area contributed by atoms with Crippen LogP contribution in [0.4, 0.5) is 0 Å². The molecule has 2 aromatic carbocycles. The van der Waals surface area contributed by atoms with Gasteiger partial charge in [0.15, 0.2) is 0 Å². The summed E-state index contributed by atoms with van der Waals surface area (Å²) >= 11 is 0. The number of nitrogens with zero attached hydrogens (tertiary/aromatic N) is 2. The van der Waals surface area contributed by atoms with Gasteiger partial charge in [0.2, 0.25) is 5.89 Å². The Kier molecular flexibility index (Phi) is 6.02. The predicted octanol–water partition coefficient (Wildman–Crippen LogP) is 5.35. The van der Waals surface area contributed by atoms with Crippen molar-refractivity contribution in [2.24, 2.45) is 0 Å². The largest absolute Gasteiger partial charge is 0.508 e. The van der Waals surface area contributed by atoms with Crippen molar-refractivity contribution in [3.05, 3.63) is 58.4 Å². The number of unbranched alkanes of at least 4 members (excludes halogenated alkanes) is 3. The van der Waals surface area contributed by atoms with E-state index in [9.17, 15) is 9.90 Å². The summed E-state index contributed by atoms with van der Waals surface area (Å²) < 4.78 is 16.4. The third-order valence-corrected chi connectivity index (χ3v) is 5.21. The molecule has 2 heterocycles. The van der Waals surface area contributed by atoms with Crippen LogP contribution >= 0.6 is 0 Å². The monoisotopic (exact) mass is 420 g/mol. The van der Waals surface area contributed by atoms with Gasteiger partial charge in [0, 0.05) is 17.0 Å². The molecule has 0 unspecified atom stereocenters. The fourth-order valence-electron chi connectivity index (χ4n) is 3.50. The van der Waals surface area contributed by atoms with Gasteiger partial charge in [0.25, 0.3) is 5.89 Å². The Morgan fingerprint density at radius 2 is 1.84 bits per heavy atom. The highest BCUT2D eigenvalue weighted by Gasteiger charge is 2.17. The molecule has 1 N–H and O–H groups in total. The number of phenols is 1. The maximum Gasteiger partial charge on any atom is 0.349 e. The van der Waals surface area contributed by atoms with Gasteiger partial charge in [-0.1, -0.05) is 32.3 Å². The minimum atomic E-state index is -0.608. The van der Waals surface area contributed by atoms with Crippen LogP contribution in [0, 0.1) is 0 Å². The number of aromatic nitrogens is 2. The molecule has 7 heteroatoms. The summed E-state index contributed by atoms with van der Waals surface area (Å²) in [6, 6.07) is 12.2. The van der Waals surface area contributed by atoms with E-state index in [2.05, 4.69) is 17.1 Å². The number of benzene rings is 2. The van der Waals surface area contributed by atoms with Crippen molar-refractivity contribution in [1.82, 2.24) is 10.2 Å². The second kappa shape index (κ2) is 9.04. The molecule has 31 heavy (non-hydrogen) atoms. The van der Waals surface area contributed by atoms with Crippen LogP contribution in [0.25, 0.3) is 33.9 Å². The molecule has 0 aliphatic heterocycles. The number of aryl methyl sites for hydroxylation is 1. The van der Waals surface area contributed by atoms with Crippen molar-refractivity contribution in [3.8, 4) is 34.4 Å². The maximum absolute atomic E-state index is 12.5. The number of rotatable bonds is 8. The minimum absolute atomic E-state index is 0.0750. The van der Waals surface area contributed by atoms with Crippen molar-refractivity contribution >= 4 is 11.0 Å². The SMILES string of the molecule is CCCCCCc1cc2cc(-c3nnc(-c4cccc(OC)c4)o3)c(=O)oc2cc1O. The zero-order valence-corrected chi connectivity index (χ0v) is 17.6. The highest BCUT2D eigenvalue weighted by molar-refractivity contribution is 5.82. The highest BCUT2D eigenvalue weighted by atomic mass is 16.5. The third-order valence-electron chi connectivity index (χ3n) is 5.21. The summed E-state index contributed by atoms with van der Waals surface area (Å²) in [6.07, 6.45) is 5.18. The van der Waals surface area contributed by atoms with E-state index in [1.54, 1.807) is 19.2 Å². The molecule has 0 aliphatic rings. The molecule has 0 atom stereocenters. The van der Waals surface area contributed by atoms with Crippen LogP contribution in [0.5, 0.6) is 11.5 Å². The molecule has 160 valence electrons. The van der Waals surface area contributed by atoms with Gasteiger partial charge in [-0.25, -0.2) is 4.79 Å². The highest BCUT2D eigenvalue weighted by Crippen LogP contribution is 2.30. The molecule has 0 spiro atoms. The quantitative estimate of drug-likeness (QED) is 0.303. The zero-order chi connectivity index (χ0) is 21.8. The van der Waals surface area contributed by atoms with Crippen molar-refractivity contribution in [2.75, 3.05) is 7.11 Å². The average molecular weight is 420 g/mol. The van der Waals surface area contributed by atoms with Crippen LogP contribution in [-0.2, 0) is 6.42 Å². The first-order chi connectivity index (χ1) is 15.1. The Hall–Kier alpha value is -3.61. The van der Waals surface area contributed by atoms with Gasteiger partial charge < -0.3 is 18.7 Å². The Labute approximate surface area is 179 Å². The molecule has 0 aliphatic carbocycles. The third kappa shape index (κ3) is 4.45. The summed E-state index contributed by atoms with van der Waals surface area (Å²) in [5.74, 6) is 1.15. The maximum atomic E-state index is 12.5. The van der Waals surface area contributed by atoms with Gasteiger partial charge in [-0.15, -0.1) is 10.2 Å². The first-order valence-corrected chi connectivity index (χ1v) is 10.4. The van der Waals surface area contributed by atoms with Gasteiger partial charge in [0.05, 0.1) is 7.11 Å². The smallest absolute Gasteiger partial charge is 0.349 e. The van der Waals surface area contributed by atoms with E-state index in [0.717, 1.165) is 31.2 Å².